The third kappa shape index (κ3) is 3.49. The van der Waals surface area contributed by atoms with Gasteiger partial charge in [0.05, 0.1) is 12.0 Å². The molecule has 0 radical (unpaired) electrons. The maximum atomic E-state index is 11.9. The summed E-state index contributed by atoms with van der Waals surface area (Å²) >= 11 is 0. The smallest absolute Gasteiger partial charge is 0.305 e. The van der Waals surface area contributed by atoms with Crippen LogP contribution < -0.4 is 14.2 Å². The summed E-state index contributed by atoms with van der Waals surface area (Å²) in [7, 11) is 0. The molecule has 2 bridgehead atoms. The molecule has 0 saturated heterocycles. The molecule has 0 aromatic heterocycles. The van der Waals surface area contributed by atoms with Crippen LogP contribution in [0, 0.1) is 0 Å². The maximum absolute atomic E-state index is 11.9. The zero-order chi connectivity index (χ0) is 29.7. The Morgan fingerprint density at radius 2 is 1.31 bits per heavy atom. The van der Waals surface area contributed by atoms with Gasteiger partial charge in [-0.05, 0) is 35.9 Å². The third-order valence-electron chi connectivity index (χ3n) is 8.03. The van der Waals surface area contributed by atoms with Crippen molar-refractivity contribution in [3.05, 3.63) is 82.4 Å². The van der Waals surface area contributed by atoms with Gasteiger partial charge in [-0.15, -0.1) is 0 Å². The topological polar surface area (TPSA) is 210 Å². The number of rotatable bonds is 2. The summed E-state index contributed by atoms with van der Waals surface area (Å²) < 4.78 is 18.6. The van der Waals surface area contributed by atoms with Crippen LogP contribution in [0.2, 0.25) is 0 Å². The van der Waals surface area contributed by atoms with E-state index in [4.69, 9.17) is 14.2 Å². The second-order valence-corrected chi connectivity index (χ2v) is 10.5. The fraction of sp³-hybridized carbons (Fsp3) is 0.200. The van der Waals surface area contributed by atoms with Crippen molar-refractivity contribution in [3.8, 4) is 57.5 Å². The van der Waals surface area contributed by atoms with E-state index < -0.39 is 53.0 Å². The van der Waals surface area contributed by atoms with Crippen LogP contribution >= 0.6 is 0 Å². The van der Waals surface area contributed by atoms with Gasteiger partial charge in [0.15, 0.2) is 23.0 Å². The average Bonchev–Trinajstić information content (AvgIpc) is 2.92. The minimum atomic E-state index is -2.09. The van der Waals surface area contributed by atoms with Gasteiger partial charge in [-0.25, -0.2) is 0 Å². The monoisotopic (exact) mass is 576 g/mol. The van der Waals surface area contributed by atoms with Crippen molar-refractivity contribution in [2.45, 2.75) is 36.4 Å². The Morgan fingerprint density at radius 1 is 0.643 bits per heavy atom. The highest BCUT2D eigenvalue weighted by atomic mass is 16.7. The number of hydrogen-bond donors (Lipinski definition) is 9. The van der Waals surface area contributed by atoms with Gasteiger partial charge >= 0.3 is 5.79 Å². The summed E-state index contributed by atoms with van der Waals surface area (Å²) in [4.78, 5) is 0. The lowest BCUT2D eigenvalue weighted by Gasteiger charge is -2.50. The van der Waals surface area contributed by atoms with Crippen LogP contribution in [0.25, 0.3) is 0 Å². The SMILES string of the molecule is Oc1cc(O)c2c(c1)O[C@]1(c3ccc(O)c(O)c3)Oc3cc(O)c4c(c3[C@H]2[C@@H]1O)O[C@H](c1ccc(O)c(O)c1)[C@@H](O)C4. The van der Waals surface area contributed by atoms with E-state index >= 15 is 0 Å². The van der Waals surface area contributed by atoms with Gasteiger partial charge in [-0.1, -0.05) is 6.07 Å². The molecule has 0 fully saturated rings. The van der Waals surface area contributed by atoms with Crippen LogP contribution in [0.4, 0.5) is 0 Å². The lowest BCUT2D eigenvalue weighted by Crippen LogP contribution is -2.57. The Bertz CT molecular complexity index is 1790. The first-order chi connectivity index (χ1) is 20.0. The summed E-state index contributed by atoms with van der Waals surface area (Å²) in [6, 6.07) is 11.1. The fourth-order valence-electron chi connectivity index (χ4n) is 6.09. The minimum Gasteiger partial charge on any atom is -0.508 e. The number of hydrogen-bond acceptors (Lipinski definition) is 12. The van der Waals surface area contributed by atoms with Crippen LogP contribution in [-0.2, 0) is 12.2 Å². The molecule has 9 N–H and O–H groups in total. The van der Waals surface area contributed by atoms with E-state index in [-0.39, 0.29) is 63.2 Å². The second kappa shape index (κ2) is 8.65. The molecule has 216 valence electrons. The highest BCUT2D eigenvalue weighted by molar-refractivity contribution is 5.68. The van der Waals surface area contributed by atoms with E-state index in [0.29, 0.717) is 5.56 Å². The van der Waals surface area contributed by atoms with E-state index in [9.17, 15) is 46.0 Å². The Hall–Kier alpha value is -5.20. The molecule has 3 aliphatic rings. The number of aliphatic hydroxyl groups is 2. The van der Waals surface area contributed by atoms with Gasteiger partial charge in [0.2, 0.25) is 0 Å². The molecule has 3 heterocycles. The predicted molar refractivity (Wildman–Crippen MR) is 141 cm³/mol. The number of aromatic hydroxyl groups is 7. The van der Waals surface area contributed by atoms with E-state index in [1.165, 1.54) is 42.5 Å². The average molecular weight is 577 g/mol. The van der Waals surface area contributed by atoms with Crippen LogP contribution in [0.15, 0.2) is 54.6 Å². The zero-order valence-electron chi connectivity index (χ0n) is 21.5. The number of ether oxygens (including phenoxy) is 3. The molecule has 42 heavy (non-hydrogen) atoms. The largest absolute Gasteiger partial charge is 0.508 e. The third-order valence-corrected chi connectivity index (χ3v) is 8.03. The van der Waals surface area contributed by atoms with Gasteiger partial charge in [0.25, 0.3) is 0 Å². The number of phenolic OH excluding ortho intramolecular Hbond substituents is 7. The van der Waals surface area contributed by atoms with Gasteiger partial charge in [0, 0.05) is 46.9 Å². The van der Waals surface area contributed by atoms with E-state index in [1.807, 2.05) is 0 Å². The first-order valence-corrected chi connectivity index (χ1v) is 12.9. The molecule has 3 aliphatic heterocycles. The van der Waals surface area contributed by atoms with E-state index in [1.54, 1.807) is 0 Å². The van der Waals surface area contributed by atoms with Crippen molar-refractivity contribution in [2.75, 3.05) is 0 Å². The zero-order valence-corrected chi connectivity index (χ0v) is 21.5. The molecule has 0 unspecified atom stereocenters. The van der Waals surface area contributed by atoms with Gasteiger partial charge in [0.1, 0.15) is 46.7 Å². The molecule has 7 rings (SSSR count). The first kappa shape index (κ1) is 25.7. The summed E-state index contributed by atoms with van der Waals surface area (Å²) in [5.74, 6) is -6.11. The summed E-state index contributed by atoms with van der Waals surface area (Å²) in [6.07, 6.45) is -4.00. The Balaban J connectivity index is 1.47. The van der Waals surface area contributed by atoms with Crippen molar-refractivity contribution in [1.82, 2.24) is 0 Å². The van der Waals surface area contributed by atoms with Crippen molar-refractivity contribution in [1.29, 1.82) is 0 Å². The lowest BCUT2D eigenvalue weighted by molar-refractivity contribution is -0.219. The summed E-state index contributed by atoms with van der Waals surface area (Å²) in [5, 5.41) is 95.1. The summed E-state index contributed by atoms with van der Waals surface area (Å²) in [6.45, 7) is 0. The first-order valence-electron chi connectivity index (χ1n) is 12.9. The number of phenols is 7. The molecule has 0 spiro atoms. The standard InChI is InChI=1S/C30H24O12/c31-13-7-20(37)24-22(8-13)41-30(12-2-4-16(33)19(36)6-12)29(39)26(24)25-23(42-30)10-17(34)14-9-21(38)27(40-28(14)25)11-1-3-15(32)18(35)5-11/h1-8,10,21,26-27,29,31-39H,9H2/t21-,26-,27+,29-,30+/m0/s1. The number of fused-ring (bicyclic) bond motifs is 8. The van der Waals surface area contributed by atoms with Gasteiger partial charge in [-0.3, -0.25) is 0 Å². The van der Waals surface area contributed by atoms with Crippen LogP contribution in [-0.4, -0.2) is 58.2 Å². The molecule has 4 aromatic carbocycles. The van der Waals surface area contributed by atoms with Crippen molar-refractivity contribution >= 4 is 0 Å². The van der Waals surface area contributed by atoms with Crippen LogP contribution in [0.1, 0.15) is 39.8 Å². The lowest BCUT2D eigenvalue weighted by atomic mass is 9.74. The molecule has 0 aliphatic carbocycles. The Kier molecular flexibility index (Phi) is 5.30. The van der Waals surface area contributed by atoms with Gasteiger partial charge < -0.3 is 60.2 Å². The molecular weight excluding hydrogens is 552 g/mol. The Labute approximate surface area is 236 Å². The molecule has 4 aromatic rings. The molecule has 5 atom stereocenters. The molecule has 0 saturated carbocycles. The number of benzene rings is 4. The van der Waals surface area contributed by atoms with E-state index in [2.05, 4.69) is 0 Å². The predicted octanol–water partition coefficient (Wildman–Crippen LogP) is 2.79. The van der Waals surface area contributed by atoms with Crippen molar-refractivity contribution in [3.63, 3.8) is 0 Å². The van der Waals surface area contributed by atoms with Crippen molar-refractivity contribution < 1.29 is 60.2 Å². The molecule has 0 amide bonds. The van der Waals surface area contributed by atoms with Gasteiger partial charge in [-0.2, -0.15) is 0 Å². The second-order valence-electron chi connectivity index (χ2n) is 10.5. The van der Waals surface area contributed by atoms with Crippen molar-refractivity contribution in [2.24, 2.45) is 0 Å². The highest BCUT2D eigenvalue weighted by Crippen LogP contribution is 2.62. The normalized spacial score (nSPS) is 25.2. The van der Waals surface area contributed by atoms with Crippen LogP contribution in [0.5, 0.6) is 57.5 Å². The quantitative estimate of drug-likeness (QED) is 0.158. The highest BCUT2D eigenvalue weighted by Gasteiger charge is 2.60. The fourth-order valence-corrected chi connectivity index (χ4v) is 6.09. The number of aliphatic hydroxyl groups excluding tert-OH is 2. The van der Waals surface area contributed by atoms with E-state index in [0.717, 1.165) is 12.1 Å². The Morgan fingerprint density at radius 3 is 2.00 bits per heavy atom. The maximum Gasteiger partial charge on any atom is 0.305 e. The molecular formula is C30H24O12. The minimum absolute atomic E-state index is 0.0177. The van der Waals surface area contributed by atoms with Crippen LogP contribution in [0.3, 0.4) is 0 Å². The molecule has 12 heteroatoms. The molecule has 12 nitrogen and oxygen atoms in total. The summed E-state index contributed by atoms with van der Waals surface area (Å²) in [5.41, 5.74) is 0.842.